The average Bonchev–Trinajstić information content (AvgIpc) is 2.85. The maximum absolute atomic E-state index is 11.6. The van der Waals surface area contributed by atoms with Crippen molar-refractivity contribution in [3.8, 4) is 0 Å². The van der Waals surface area contributed by atoms with Crippen molar-refractivity contribution in [2.24, 2.45) is 11.1 Å². The fraction of sp³-hybridized carbons (Fsp3) is 0.286. The summed E-state index contributed by atoms with van der Waals surface area (Å²) in [5.41, 5.74) is 2.72. The van der Waals surface area contributed by atoms with E-state index in [2.05, 4.69) is 27.1 Å². The van der Waals surface area contributed by atoms with Gasteiger partial charge in [-0.1, -0.05) is 18.6 Å². The van der Waals surface area contributed by atoms with Gasteiger partial charge in [0, 0.05) is 12.6 Å². The molecule has 0 radical (unpaired) electrons. The molecule has 1 aliphatic carbocycles. The molecule has 0 bridgehead atoms. The van der Waals surface area contributed by atoms with Crippen molar-refractivity contribution in [3.05, 3.63) is 56.8 Å². The Labute approximate surface area is 114 Å². The monoisotopic (exact) mass is 270 g/mol. The largest absolute Gasteiger partial charge is 0.341 e. The highest BCUT2D eigenvalue weighted by atomic mass is 16.3. The van der Waals surface area contributed by atoms with Crippen LogP contribution in [0.15, 0.2) is 45.7 Å². The van der Waals surface area contributed by atoms with Crippen LogP contribution < -0.4 is 5.56 Å². The maximum atomic E-state index is 11.6. The first kappa shape index (κ1) is 12.5. The van der Waals surface area contributed by atoms with E-state index in [9.17, 15) is 9.70 Å². The van der Waals surface area contributed by atoms with Crippen LogP contribution in [0.1, 0.15) is 19.2 Å². The van der Waals surface area contributed by atoms with Gasteiger partial charge in [0.15, 0.2) is 5.52 Å². The first-order valence-electron chi connectivity index (χ1n) is 6.46. The van der Waals surface area contributed by atoms with Crippen LogP contribution in [0.5, 0.6) is 0 Å². The third-order valence-electron chi connectivity index (χ3n) is 3.59. The molecule has 3 rings (SSSR count). The molecule has 102 valence electrons. The smallest absolute Gasteiger partial charge is 0.276 e. The average molecular weight is 270 g/mol. The minimum atomic E-state index is -0.192. The quantitative estimate of drug-likeness (QED) is 0.839. The number of pyridine rings is 1. The molecule has 6 nitrogen and oxygen atoms in total. The van der Waals surface area contributed by atoms with E-state index in [4.69, 9.17) is 0 Å². The summed E-state index contributed by atoms with van der Waals surface area (Å²) in [5.74, 6) is 1.00. The fourth-order valence-electron chi connectivity index (χ4n) is 2.46. The Balaban J connectivity index is 1.92. The number of allylic oxidation sites excluding steroid dienone is 4. The van der Waals surface area contributed by atoms with Gasteiger partial charge in [0.25, 0.3) is 5.56 Å². The number of fused-ring (bicyclic) bond motifs is 1. The lowest BCUT2D eigenvalue weighted by Gasteiger charge is -2.17. The number of nitrogens with one attached hydrogen (secondary N) is 2. The lowest BCUT2D eigenvalue weighted by atomic mass is 9.89. The van der Waals surface area contributed by atoms with Gasteiger partial charge in [0.2, 0.25) is 0 Å². The number of nitrogens with zero attached hydrogens (tertiary/aromatic N) is 2. The molecule has 0 fully saturated rings. The highest BCUT2D eigenvalue weighted by molar-refractivity contribution is 5.73. The first-order valence-corrected chi connectivity index (χ1v) is 6.46. The Morgan fingerprint density at radius 3 is 3.00 bits per heavy atom. The van der Waals surface area contributed by atoms with E-state index in [1.54, 1.807) is 18.3 Å². The molecule has 1 atom stereocenters. The summed E-state index contributed by atoms with van der Waals surface area (Å²) in [6, 6.07) is 1.79. The third kappa shape index (κ3) is 2.20. The van der Waals surface area contributed by atoms with Crippen LogP contribution in [0, 0.1) is 10.8 Å². The molecule has 2 N–H and O–H groups in total. The van der Waals surface area contributed by atoms with Crippen molar-refractivity contribution in [3.63, 3.8) is 0 Å². The lowest BCUT2D eigenvalue weighted by Crippen LogP contribution is -2.08. The van der Waals surface area contributed by atoms with Crippen LogP contribution in [0.25, 0.3) is 11.0 Å². The molecule has 0 amide bonds. The Bertz CT molecular complexity index is 782. The molecule has 2 aromatic heterocycles. The SMILES string of the molecule is CC1CC(N=O)=CC=C1Cc1nc2c(=O)[nH]ccc2[nH]1. The predicted octanol–water partition coefficient (Wildman–Crippen LogP) is 2.41. The lowest BCUT2D eigenvalue weighted by molar-refractivity contribution is 0.634. The Morgan fingerprint density at radius 1 is 1.45 bits per heavy atom. The van der Waals surface area contributed by atoms with Crippen molar-refractivity contribution in [1.29, 1.82) is 0 Å². The molecule has 1 unspecified atom stereocenters. The van der Waals surface area contributed by atoms with Crippen LogP contribution >= 0.6 is 0 Å². The summed E-state index contributed by atoms with van der Waals surface area (Å²) in [6.45, 7) is 2.06. The van der Waals surface area contributed by atoms with Gasteiger partial charge in [0.05, 0.1) is 11.2 Å². The molecule has 1 aliphatic rings. The second-order valence-corrected chi connectivity index (χ2v) is 5.03. The van der Waals surface area contributed by atoms with E-state index < -0.39 is 0 Å². The highest BCUT2D eigenvalue weighted by Crippen LogP contribution is 2.27. The highest BCUT2D eigenvalue weighted by Gasteiger charge is 2.17. The van der Waals surface area contributed by atoms with Gasteiger partial charge in [-0.3, -0.25) is 4.79 Å². The number of nitroso groups, excluding NO2 is 1. The van der Waals surface area contributed by atoms with Crippen LogP contribution in [-0.4, -0.2) is 15.0 Å². The number of aromatic amines is 2. The molecule has 2 heterocycles. The van der Waals surface area contributed by atoms with Crippen LogP contribution in [0.4, 0.5) is 0 Å². The van der Waals surface area contributed by atoms with Crippen molar-refractivity contribution >= 4 is 11.0 Å². The molecule has 0 saturated carbocycles. The Hall–Kier alpha value is -2.50. The van der Waals surface area contributed by atoms with E-state index in [-0.39, 0.29) is 11.5 Å². The summed E-state index contributed by atoms with van der Waals surface area (Å²) < 4.78 is 0. The molecular weight excluding hydrogens is 256 g/mol. The number of aromatic nitrogens is 3. The van der Waals surface area contributed by atoms with Gasteiger partial charge < -0.3 is 9.97 Å². The standard InChI is InChI=1S/C14H14N4O2/c1-8-6-10(18-20)3-2-9(8)7-12-16-11-4-5-15-14(19)13(11)17-12/h2-5,8H,6-7H2,1H3,(H,15,19)(H,16,17). The Morgan fingerprint density at radius 2 is 2.30 bits per heavy atom. The number of hydrogen-bond acceptors (Lipinski definition) is 4. The maximum Gasteiger partial charge on any atom is 0.276 e. The van der Waals surface area contributed by atoms with Crippen LogP contribution in [0.2, 0.25) is 0 Å². The number of rotatable bonds is 3. The summed E-state index contributed by atoms with van der Waals surface area (Å²) in [7, 11) is 0. The minimum Gasteiger partial charge on any atom is -0.341 e. The van der Waals surface area contributed by atoms with Crippen molar-refractivity contribution in [1.82, 2.24) is 15.0 Å². The van der Waals surface area contributed by atoms with Crippen LogP contribution in [0.3, 0.4) is 0 Å². The number of H-pyrrole nitrogens is 2. The van der Waals surface area contributed by atoms with E-state index in [0.29, 0.717) is 24.1 Å². The summed E-state index contributed by atoms with van der Waals surface area (Å²) in [5, 5.41) is 2.98. The van der Waals surface area contributed by atoms with Gasteiger partial charge in [0.1, 0.15) is 5.82 Å². The van der Waals surface area contributed by atoms with Gasteiger partial charge >= 0.3 is 0 Å². The van der Waals surface area contributed by atoms with Gasteiger partial charge in [-0.15, -0.1) is 4.91 Å². The molecule has 20 heavy (non-hydrogen) atoms. The molecule has 0 aliphatic heterocycles. The Kier molecular flexibility index (Phi) is 3.06. The summed E-state index contributed by atoms with van der Waals surface area (Å²) in [4.78, 5) is 32.2. The summed E-state index contributed by atoms with van der Waals surface area (Å²) in [6.07, 6.45) is 6.55. The molecule has 2 aromatic rings. The second kappa shape index (κ2) is 4.88. The van der Waals surface area contributed by atoms with Gasteiger partial charge in [-0.05, 0) is 29.7 Å². The third-order valence-corrected chi connectivity index (χ3v) is 3.59. The molecule has 0 spiro atoms. The van der Waals surface area contributed by atoms with E-state index in [0.717, 1.165) is 11.3 Å². The predicted molar refractivity (Wildman–Crippen MR) is 76.2 cm³/mol. The van der Waals surface area contributed by atoms with Gasteiger partial charge in [-0.25, -0.2) is 4.98 Å². The normalized spacial score (nSPS) is 18.8. The second-order valence-electron chi connectivity index (χ2n) is 5.03. The number of hydrogen-bond donors (Lipinski definition) is 2. The molecule has 0 saturated heterocycles. The number of imidazole rings is 1. The van der Waals surface area contributed by atoms with E-state index in [1.807, 2.05) is 6.08 Å². The van der Waals surface area contributed by atoms with Gasteiger partial charge in [-0.2, -0.15) is 0 Å². The zero-order valence-electron chi connectivity index (χ0n) is 11.0. The zero-order chi connectivity index (χ0) is 14.1. The van der Waals surface area contributed by atoms with Crippen LogP contribution in [-0.2, 0) is 6.42 Å². The minimum absolute atomic E-state index is 0.192. The molecular formula is C14H14N4O2. The zero-order valence-corrected chi connectivity index (χ0v) is 11.0. The fourth-order valence-corrected chi connectivity index (χ4v) is 2.46. The van der Waals surface area contributed by atoms with E-state index >= 15 is 0 Å². The topological polar surface area (TPSA) is 91.0 Å². The molecule has 0 aromatic carbocycles. The summed E-state index contributed by atoms with van der Waals surface area (Å²) >= 11 is 0. The van der Waals surface area contributed by atoms with Crippen molar-refractivity contribution in [2.75, 3.05) is 0 Å². The van der Waals surface area contributed by atoms with Crippen molar-refractivity contribution < 1.29 is 0 Å². The molecule has 6 heteroatoms. The van der Waals surface area contributed by atoms with Crippen molar-refractivity contribution in [2.45, 2.75) is 19.8 Å². The first-order chi connectivity index (χ1) is 9.67. The van der Waals surface area contributed by atoms with E-state index in [1.165, 1.54) is 5.57 Å².